The lowest BCUT2D eigenvalue weighted by Gasteiger charge is -2.26. The number of nitrogens with zero attached hydrogens (tertiary/aromatic N) is 1. The van der Waals surface area contributed by atoms with Crippen LogP contribution in [-0.4, -0.2) is 35.7 Å². The van der Waals surface area contributed by atoms with Crippen molar-refractivity contribution in [2.45, 2.75) is 6.42 Å². The normalized spacial score (nSPS) is 15.9. The summed E-state index contributed by atoms with van der Waals surface area (Å²) in [5, 5.41) is 0.998. The van der Waals surface area contributed by atoms with Gasteiger partial charge >= 0.3 is 0 Å². The number of halogens is 1. The number of benzene rings is 2. The Morgan fingerprint density at radius 2 is 2.00 bits per heavy atom. The molecule has 0 fully saturated rings. The molecule has 2 aliphatic rings. The fourth-order valence-corrected chi connectivity index (χ4v) is 3.67. The molecule has 1 amide bonds. The van der Waals surface area contributed by atoms with Gasteiger partial charge < -0.3 is 19.4 Å². The topological polar surface area (TPSA) is 54.6 Å². The minimum Gasteiger partial charge on any atom is -0.454 e. The summed E-state index contributed by atoms with van der Waals surface area (Å²) in [6.07, 6.45) is 4.73. The maximum atomic E-state index is 13.4. The molecule has 0 saturated carbocycles. The van der Waals surface area contributed by atoms with Gasteiger partial charge in [0.25, 0.3) is 5.91 Å². The van der Waals surface area contributed by atoms with E-state index in [1.54, 1.807) is 24.3 Å². The number of carbonyl (C=O) groups excluding carboxylic acids is 1. The Kier molecular flexibility index (Phi) is 3.63. The summed E-state index contributed by atoms with van der Waals surface area (Å²) in [7, 11) is 0. The number of aromatic nitrogens is 1. The largest absolute Gasteiger partial charge is 0.454 e. The van der Waals surface area contributed by atoms with E-state index in [4.69, 9.17) is 9.47 Å². The van der Waals surface area contributed by atoms with Crippen molar-refractivity contribution in [1.29, 1.82) is 0 Å². The van der Waals surface area contributed by atoms with Crippen LogP contribution in [0.3, 0.4) is 0 Å². The van der Waals surface area contributed by atoms with Crippen molar-refractivity contribution in [2.75, 3.05) is 19.9 Å². The molecule has 2 aromatic carbocycles. The van der Waals surface area contributed by atoms with Gasteiger partial charge in [0.05, 0.1) is 0 Å². The second-order valence-electron chi connectivity index (χ2n) is 6.69. The van der Waals surface area contributed by atoms with Crippen LogP contribution in [0.1, 0.15) is 22.3 Å². The van der Waals surface area contributed by atoms with Gasteiger partial charge in [0.15, 0.2) is 11.5 Å². The Morgan fingerprint density at radius 1 is 1.11 bits per heavy atom. The number of fused-ring (bicyclic) bond motifs is 2. The van der Waals surface area contributed by atoms with Crippen molar-refractivity contribution in [1.82, 2.24) is 9.88 Å². The molecule has 27 heavy (non-hydrogen) atoms. The fourth-order valence-electron chi connectivity index (χ4n) is 3.67. The van der Waals surface area contributed by atoms with Crippen LogP contribution < -0.4 is 9.47 Å². The highest BCUT2D eigenvalue weighted by Crippen LogP contribution is 2.34. The number of carbonyl (C=O) groups is 1. The molecule has 0 radical (unpaired) electrons. The number of amides is 1. The maximum absolute atomic E-state index is 13.4. The fraction of sp³-hybridized carbons (Fsp3) is 0.190. The van der Waals surface area contributed by atoms with Crippen LogP contribution >= 0.6 is 0 Å². The zero-order valence-corrected chi connectivity index (χ0v) is 14.5. The van der Waals surface area contributed by atoms with Crippen molar-refractivity contribution in [3.05, 3.63) is 65.6 Å². The number of aromatic amines is 1. The lowest BCUT2D eigenvalue weighted by molar-refractivity contribution is 0.0772. The third-order valence-corrected chi connectivity index (χ3v) is 5.11. The molecule has 0 unspecified atom stereocenters. The molecule has 1 N–H and O–H groups in total. The molecule has 0 bridgehead atoms. The Labute approximate surface area is 155 Å². The van der Waals surface area contributed by atoms with Crippen LogP contribution in [-0.2, 0) is 0 Å². The molecular formula is C21H17FN2O3. The average molecular weight is 364 g/mol. The summed E-state index contributed by atoms with van der Waals surface area (Å²) in [6, 6.07) is 10.0. The van der Waals surface area contributed by atoms with Gasteiger partial charge in [-0.05, 0) is 48.4 Å². The number of nitrogens with one attached hydrogen (secondary N) is 1. The van der Waals surface area contributed by atoms with Gasteiger partial charge in [-0.25, -0.2) is 4.39 Å². The maximum Gasteiger partial charge on any atom is 0.254 e. The third kappa shape index (κ3) is 2.73. The molecule has 1 aromatic heterocycles. The highest BCUT2D eigenvalue weighted by molar-refractivity contribution is 5.96. The van der Waals surface area contributed by atoms with Crippen LogP contribution in [0, 0.1) is 5.82 Å². The first-order valence-electron chi connectivity index (χ1n) is 8.84. The van der Waals surface area contributed by atoms with Crippen LogP contribution in [0.15, 0.2) is 48.7 Å². The Hall–Kier alpha value is -3.28. The van der Waals surface area contributed by atoms with E-state index in [1.165, 1.54) is 17.7 Å². The van der Waals surface area contributed by atoms with E-state index < -0.39 is 0 Å². The Morgan fingerprint density at radius 3 is 2.85 bits per heavy atom. The monoisotopic (exact) mass is 364 g/mol. The van der Waals surface area contributed by atoms with Crippen LogP contribution in [0.5, 0.6) is 11.5 Å². The van der Waals surface area contributed by atoms with Gasteiger partial charge in [-0.3, -0.25) is 4.79 Å². The van der Waals surface area contributed by atoms with E-state index in [0.717, 1.165) is 22.9 Å². The molecule has 136 valence electrons. The van der Waals surface area contributed by atoms with Crippen LogP contribution in [0.25, 0.3) is 16.5 Å². The molecule has 3 heterocycles. The summed E-state index contributed by atoms with van der Waals surface area (Å²) < 4.78 is 24.0. The molecule has 0 spiro atoms. The van der Waals surface area contributed by atoms with Crippen LogP contribution in [0.2, 0.25) is 0 Å². The molecule has 0 atom stereocenters. The number of ether oxygens (including phenoxy) is 2. The van der Waals surface area contributed by atoms with E-state index in [0.29, 0.717) is 30.2 Å². The standard InChI is InChI=1S/C21H17FN2O3/c22-15-2-3-16-17(11-23-18(16)10-15)13-5-7-24(8-6-13)21(25)14-1-4-19-20(9-14)27-12-26-19/h1-5,9-11,23H,6-8,12H2. The van der Waals surface area contributed by atoms with Gasteiger partial charge in [0, 0.05) is 41.3 Å². The molecule has 6 heteroatoms. The summed E-state index contributed by atoms with van der Waals surface area (Å²) in [5.74, 6) is 1.00. The van der Waals surface area contributed by atoms with Crippen molar-refractivity contribution >= 4 is 22.4 Å². The van der Waals surface area contributed by atoms with Gasteiger partial charge in [-0.15, -0.1) is 0 Å². The van der Waals surface area contributed by atoms with Gasteiger partial charge in [-0.2, -0.15) is 0 Å². The Balaban J connectivity index is 1.37. The van der Waals surface area contributed by atoms with Gasteiger partial charge in [-0.1, -0.05) is 6.08 Å². The number of hydrogen-bond acceptors (Lipinski definition) is 3. The lowest BCUT2D eigenvalue weighted by atomic mass is 9.98. The second-order valence-corrected chi connectivity index (χ2v) is 6.69. The highest BCUT2D eigenvalue weighted by atomic mass is 19.1. The number of hydrogen-bond donors (Lipinski definition) is 1. The van der Waals surface area contributed by atoms with E-state index in [-0.39, 0.29) is 18.5 Å². The first-order valence-corrected chi connectivity index (χ1v) is 8.84. The smallest absolute Gasteiger partial charge is 0.254 e. The van der Waals surface area contributed by atoms with Crippen LogP contribution in [0.4, 0.5) is 4.39 Å². The average Bonchev–Trinajstić information content (AvgIpc) is 3.33. The van der Waals surface area contributed by atoms with E-state index in [9.17, 15) is 9.18 Å². The summed E-state index contributed by atoms with van der Waals surface area (Å²) >= 11 is 0. The van der Waals surface area contributed by atoms with Crippen molar-refractivity contribution in [3.8, 4) is 11.5 Å². The molecule has 2 aliphatic heterocycles. The van der Waals surface area contributed by atoms with Gasteiger partial charge in [0.1, 0.15) is 5.82 Å². The molecular weight excluding hydrogens is 347 g/mol. The highest BCUT2D eigenvalue weighted by Gasteiger charge is 2.23. The van der Waals surface area contributed by atoms with Crippen molar-refractivity contribution in [3.63, 3.8) is 0 Å². The minimum atomic E-state index is -0.256. The van der Waals surface area contributed by atoms with Gasteiger partial charge in [0.2, 0.25) is 6.79 Å². The van der Waals surface area contributed by atoms with Crippen molar-refractivity contribution < 1.29 is 18.7 Å². The summed E-state index contributed by atoms with van der Waals surface area (Å²) in [4.78, 5) is 17.7. The predicted octanol–water partition coefficient (Wildman–Crippen LogP) is 3.97. The zero-order valence-electron chi connectivity index (χ0n) is 14.5. The summed E-state index contributed by atoms with van der Waals surface area (Å²) in [5.41, 5.74) is 3.62. The molecule has 3 aromatic rings. The molecule has 5 nitrogen and oxygen atoms in total. The Bertz CT molecular complexity index is 1090. The SMILES string of the molecule is O=C(c1ccc2c(c1)OCO2)N1CC=C(c2c[nH]c3cc(F)ccc23)CC1. The number of rotatable bonds is 2. The molecule has 0 saturated heterocycles. The van der Waals surface area contributed by atoms with E-state index >= 15 is 0 Å². The van der Waals surface area contributed by atoms with E-state index in [2.05, 4.69) is 11.1 Å². The number of H-pyrrole nitrogens is 1. The lowest BCUT2D eigenvalue weighted by Crippen LogP contribution is -2.34. The molecule has 0 aliphatic carbocycles. The first-order chi connectivity index (χ1) is 13.2. The zero-order chi connectivity index (χ0) is 18.4. The molecule has 5 rings (SSSR count). The van der Waals surface area contributed by atoms with Crippen molar-refractivity contribution in [2.24, 2.45) is 0 Å². The quantitative estimate of drug-likeness (QED) is 0.749. The third-order valence-electron chi connectivity index (χ3n) is 5.11. The first kappa shape index (κ1) is 15.9. The minimum absolute atomic E-state index is 0.0235. The van der Waals surface area contributed by atoms with E-state index in [1.807, 2.05) is 11.1 Å². The predicted molar refractivity (Wildman–Crippen MR) is 99.3 cm³/mol. The summed E-state index contributed by atoms with van der Waals surface area (Å²) in [6.45, 7) is 1.36. The second kappa shape index (κ2) is 6.16.